The smallest absolute Gasteiger partial charge is 0.305 e. The van der Waals surface area contributed by atoms with Crippen molar-refractivity contribution >= 4 is 21.7 Å². The van der Waals surface area contributed by atoms with Gasteiger partial charge in [-0.25, -0.2) is 8.42 Å². The lowest BCUT2D eigenvalue weighted by Gasteiger charge is -2.26. The zero-order valence-corrected chi connectivity index (χ0v) is 13.9. The number of aliphatic carboxylic acids is 1. The van der Waals surface area contributed by atoms with Crippen LogP contribution < -0.4 is 4.31 Å². The summed E-state index contributed by atoms with van der Waals surface area (Å²) in [6.45, 7) is 3.61. The van der Waals surface area contributed by atoms with Crippen molar-refractivity contribution in [2.75, 3.05) is 10.8 Å². The predicted molar refractivity (Wildman–Crippen MR) is 89.1 cm³/mol. The molecule has 0 radical (unpaired) electrons. The SMILES string of the molecule is Cc1cccc(N(CCC(=O)O)S(=O)(=O)c2ccccc2)c1C. The summed E-state index contributed by atoms with van der Waals surface area (Å²) >= 11 is 0. The van der Waals surface area contributed by atoms with Crippen LogP contribution in [0.3, 0.4) is 0 Å². The molecule has 0 bridgehead atoms. The topological polar surface area (TPSA) is 74.7 Å². The summed E-state index contributed by atoms with van der Waals surface area (Å²) in [5, 5.41) is 8.95. The van der Waals surface area contributed by atoms with Crippen LogP contribution in [0.4, 0.5) is 5.69 Å². The van der Waals surface area contributed by atoms with Crippen LogP contribution in [-0.2, 0) is 14.8 Å². The Morgan fingerprint density at radius 1 is 1.04 bits per heavy atom. The number of rotatable bonds is 6. The minimum atomic E-state index is -3.82. The van der Waals surface area contributed by atoms with Crippen molar-refractivity contribution < 1.29 is 18.3 Å². The van der Waals surface area contributed by atoms with E-state index in [1.54, 1.807) is 30.3 Å². The molecule has 0 aliphatic carbocycles. The fourth-order valence-electron chi connectivity index (χ4n) is 2.29. The van der Waals surface area contributed by atoms with Crippen LogP contribution in [0.15, 0.2) is 53.4 Å². The second-order valence-electron chi connectivity index (χ2n) is 5.25. The van der Waals surface area contributed by atoms with Crippen molar-refractivity contribution in [3.8, 4) is 0 Å². The van der Waals surface area contributed by atoms with Crippen LogP contribution in [0.2, 0.25) is 0 Å². The third-order valence-corrected chi connectivity index (χ3v) is 5.53. The third kappa shape index (κ3) is 3.71. The van der Waals surface area contributed by atoms with Gasteiger partial charge < -0.3 is 5.11 Å². The van der Waals surface area contributed by atoms with E-state index >= 15 is 0 Å². The molecule has 0 saturated carbocycles. The van der Waals surface area contributed by atoms with E-state index in [4.69, 9.17) is 5.11 Å². The number of hydrogen-bond acceptors (Lipinski definition) is 3. The Kier molecular flexibility index (Phi) is 5.05. The Morgan fingerprint density at radius 2 is 1.70 bits per heavy atom. The average Bonchev–Trinajstić information content (AvgIpc) is 2.52. The quantitative estimate of drug-likeness (QED) is 0.882. The molecule has 5 nitrogen and oxygen atoms in total. The average molecular weight is 333 g/mol. The highest BCUT2D eigenvalue weighted by Crippen LogP contribution is 2.28. The summed E-state index contributed by atoms with van der Waals surface area (Å²) in [4.78, 5) is 11.1. The van der Waals surface area contributed by atoms with Gasteiger partial charge in [0.25, 0.3) is 10.0 Å². The number of benzene rings is 2. The standard InChI is InChI=1S/C17H19NO4S/c1-13-7-6-10-16(14(13)2)18(12-11-17(19)20)23(21,22)15-8-4-3-5-9-15/h3-10H,11-12H2,1-2H3,(H,19,20). The zero-order valence-electron chi connectivity index (χ0n) is 13.1. The normalized spacial score (nSPS) is 11.2. The number of aryl methyl sites for hydroxylation is 1. The van der Waals surface area contributed by atoms with Gasteiger partial charge in [0, 0.05) is 6.54 Å². The maximum absolute atomic E-state index is 12.9. The van der Waals surface area contributed by atoms with Crippen molar-refractivity contribution in [3.63, 3.8) is 0 Å². The first-order valence-electron chi connectivity index (χ1n) is 7.20. The van der Waals surface area contributed by atoms with Crippen molar-refractivity contribution in [1.29, 1.82) is 0 Å². The van der Waals surface area contributed by atoms with Crippen molar-refractivity contribution in [1.82, 2.24) is 0 Å². The van der Waals surface area contributed by atoms with E-state index in [1.807, 2.05) is 19.9 Å². The molecule has 0 spiro atoms. The van der Waals surface area contributed by atoms with Crippen molar-refractivity contribution in [2.45, 2.75) is 25.2 Å². The highest BCUT2D eigenvalue weighted by Gasteiger charge is 2.26. The lowest BCUT2D eigenvalue weighted by Crippen LogP contribution is -2.33. The van der Waals surface area contributed by atoms with Gasteiger partial charge in [-0.15, -0.1) is 0 Å². The van der Waals surface area contributed by atoms with E-state index in [-0.39, 0.29) is 17.9 Å². The molecule has 6 heteroatoms. The number of hydrogen-bond donors (Lipinski definition) is 1. The summed E-state index contributed by atoms with van der Waals surface area (Å²) in [5.41, 5.74) is 2.28. The molecule has 23 heavy (non-hydrogen) atoms. The first kappa shape index (κ1) is 17.0. The Labute approximate surface area is 136 Å². The summed E-state index contributed by atoms with van der Waals surface area (Å²) in [5.74, 6) is -1.04. The number of carbonyl (C=O) groups is 1. The lowest BCUT2D eigenvalue weighted by atomic mass is 10.1. The summed E-state index contributed by atoms with van der Waals surface area (Å²) in [6, 6.07) is 13.4. The first-order chi connectivity index (χ1) is 10.8. The second-order valence-corrected chi connectivity index (χ2v) is 7.12. The molecule has 1 N–H and O–H groups in total. The van der Waals surface area contributed by atoms with Gasteiger partial charge in [-0.3, -0.25) is 9.10 Å². The molecule has 0 atom stereocenters. The molecule has 0 aliphatic rings. The largest absolute Gasteiger partial charge is 0.481 e. The van der Waals surface area contributed by atoms with E-state index < -0.39 is 16.0 Å². The lowest BCUT2D eigenvalue weighted by molar-refractivity contribution is -0.136. The van der Waals surface area contributed by atoms with E-state index in [1.165, 1.54) is 16.4 Å². The molecule has 0 fully saturated rings. The maximum Gasteiger partial charge on any atom is 0.305 e. The van der Waals surface area contributed by atoms with Gasteiger partial charge in [-0.2, -0.15) is 0 Å². The third-order valence-electron chi connectivity index (χ3n) is 3.70. The van der Waals surface area contributed by atoms with E-state index in [0.29, 0.717) is 5.69 Å². The van der Waals surface area contributed by atoms with Crippen LogP contribution >= 0.6 is 0 Å². The Balaban J connectivity index is 2.54. The Bertz CT molecular complexity index is 801. The minimum Gasteiger partial charge on any atom is -0.481 e. The number of nitrogens with zero attached hydrogens (tertiary/aromatic N) is 1. The van der Waals surface area contributed by atoms with Crippen LogP contribution in [0.1, 0.15) is 17.5 Å². The summed E-state index contributed by atoms with van der Waals surface area (Å²) in [6.07, 6.45) is -0.264. The zero-order chi connectivity index (χ0) is 17.0. The van der Waals surface area contributed by atoms with E-state index in [2.05, 4.69) is 0 Å². The van der Waals surface area contributed by atoms with E-state index in [9.17, 15) is 13.2 Å². The molecule has 2 aromatic carbocycles. The molecule has 2 rings (SSSR count). The Morgan fingerprint density at radius 3 is 2.30 bits per heavy atom. The highest BCUT2D eigenvalue weighted by molar-refractivity contribution is 7.92. The summed E-state index contributed by atoms with van der Waals surface area (Å²) < 4.78 is 27.1. The molecule has 0 amide bonds. The minimum absolute atomic E-state index is 0.114. The maximum atomic E-state index is 12.9. The molecule has 0 saturated heterocycles. The number of carboxylic acid groups (broad SMARTS) is 1. The van der Waals surface area contributed by atoms with E-state index in [0.717, 1.165) is 11.1 Å². The molecule has 0 aromatic heterocycles. The molecule has 2 aromatic rings. The predicted octanol–water partition coefficient (Wildman–Crippen LogP) is 2.97. The number of carboxylic acids is 1. The first-order valence-corrected chi connectivity index (χ1v) is 8.64. The molecular weight excluding hydrogens is 314 g/mol. The second kappa shape index (κ2) is 6.83. The van der Waals surface area contributed by atoms with Gasteiger partial charge in [0.05, 0.1) is 17.0 Å². The van der Waals surface area contributed by atoms with Gasteiger partial charge in [0.15, 0.2) is 0 Å². The molecule has 0 unspecified atom stereocenters. The van der Waals surface area contributed by atoms with Gasteiger partial charge in [0.1, 0.15) is 0 Å². The molecular formula is C17H19NO4S. The van der Waals surface area contributed by atoms with Crippen molar-refractivity contribution in [3.05, 3.63) is 59.7 Å². The highest BCUT2D eigenvalue weighted by atomic mass is 32.2. The fraction of sp³-hybridized carbons (Fsp3) is 0.235. The van der Waals surface area contributed by atoms with Gasteiger partial charge in [0.2, 0.25) is 0 Å². The van der Waals surface area contributed by atoms with Crippen LogP contribution in [0.25, 0.3) is 0 Å². The summed E-state index contributed by atoms with van der Waals surface area (Å²) in [7, 11) is -3.82. The van der Waals surface area contributed by atoms with Gasteiger partial charge in [-0.05, 0) is 43.2 Å². The fourth-order valence-corrected chi connectivity index (χ4v) is 3.84. The molecule has 0 heterocycles. The molecule has 122 valence electrons. The molecule has 0 aliphatic heterocycles. The van der Waals surface area contributed by atoms with Crippen molar-refractivity contribution in [2.24, 2.45) is 0 Å². The van der Waals surface area contributed by atoms with Gasteiger partial charge in [-0.1, -0.05) is 30.3 Å². The number of sulfonamides is 1. The Hall–Kier alpha value is -2.34. The van der Waals surface area contributed by atoms with Crippen LogP contribution in [-0.4, -0.2) is 26.0 Å². The van der Waals surface area contributed by atoms with Crippen LogP contribution in [0, 0.1) is 13.8 Å². The monoisotopic (exact) mass is 333 g/mol. The number of anilines is 1. The van der Waals surface area contributed by atoms with Gasteiger partial charge >= 0.3 is 5.97 Å². The van der Waals surface area contributed by atoms with Crippen LogP contribution in [0.5, 0.6) is 0 Å².